The van der Waals surface area contributed by atoms with Gasteiger partial charge in [-0.3, -0.25) is 4.79 Å². The molecule has 1 fully saturated rings. The summed E-state index contributed by atoms with van der Waals surface area (Å²) in [6.07, 6.45) is 0.333. The number of aliphatic hydroxyl groups is 1. The van der Waals surface area contributed by atoms with Gasteiger partial charge in [0.25, 0.3) is 0 Å². The van der Waals surface area contributed by atoms with E-state index in [2.05, 4.69) is 0 Å². The normalized spacial score (nSPS) is 20.0. The number of methoxy groups -OCH3 is 1. The van der Waals surface area contributed by atoms with E-state index >= 15 is 0 Å². The van der Waals surface area contributed by atoms with Gasteiger partial charge in [0.05, 0.1) is 24.8 Å². The van der Waals surface area contributed by atoms with Crippen LogP contribution in [0.5, 0.6) is 11.5 Å². The van der Waals surface area contributed by atoms with E-state index in [4.69, 9.17) is 14.6 Å². The first kappa shape index (κ1) is 19.1. The minimum absolute atomic E-state index is 0.00772. The van der Waals surface area contributed by atoms with Crippen LogP contribution >= 0.6 is 0 Å². The van der Waals surface area contributed by atoms with Crippen LogP contribution in [0, 0.1) is 5.92 Å². The van der Waals surface area contributed by atoms with Gasteiger partial charge < -0.3 is 24.6 Å². The molecular formula is C18H25NO6. The number of carbonyl (C=O) groups is 2. The van der Waals surface area contributed by atoms with Gasteiger partial charge in [-0.05, 0) is 30.5 Å². The van der Waals surface area contributed by atoms with Gasteiger partial charge in [-0.2, -0.15) is 0 Å². The topological polar surface area (TPSA) is 96.3 Å². The van der Waals surface area contributed by atoms with E-state index in [0.29, 0.717) is 30.9 Å². The number of carboxylic acid groups (broad SMARTS) is 1. The third-order valence-electron chi connectivity index (χ3n) is 4.14. The molecule has 0 aliphatic carbocycles. The van der Waals surface area contributed by atoms with E-state index in [9.17, 15) is 14.7 Å². The monoisotopic (exact) mass is 351 g/mol. The lowest BCUT2D eigenvalue weighted by Gasteiger charge is -2.25. The summed E-state index contributed by atoms with van der Waals surface area (Å²) in [5.74, 6) is -0.0679. The maximum Gasteiger partial charge on any atom is 0.335 e. The lowest BCUT2D eigenvalue weighted by Crippen LogP contribution is -2.39. The van der Waals surface area contributed by atoms with Crippen LogP contribution in [-0.4, -0.2) is 59.4 Å². The second-order valence-corrected chi connectivity index (χ2v) is 6.67. The van der Waals surface area contributed by atoms with Gasteiger partial charge in [-0.15, -0.1) is 0 Å². The molecule has 7 heteroatoms. The van der Waals surface area contributed by atoms with Crippen molar-refractivity contribution >= 4 is 11.9 Å². The van der Waals surface area contributed by atoms with Crippen molar-refractivity contribution in [2.45, 2.75) is 38.8 Å². The molecule has 0 aromatic heterocycles. The molecule has 0 unspecified atom stereocenters. The molecule has 1 aromatic carbocycles. The van der Waals surface area contributed by atoms with Crippen LogP contribution < -0.4 is 9.47 Å². The number of rotatable bonds is 7. The number of β-amino-alcohol motifs (C(OH)–C–C–N with tert-alkyl or cyclic N) is 1. The molecule has 0 saturated carbocycles. The minimum atomic E-state index is -1.05. The predicted octanol–water partition coefficient (Wildman–Crippen LogP) is 1.78. The third kappa shape index (κ3) is 4.85. The first-order valence-corrected chi connectivity index (χ1v) is 8.33. The van der Waals surface area contributed by atoms with Crippen molar-refractivity contribution in [3.05, 3.63) is 23.8 Å². The summed E-state index contributed by atoms with van der Waals surface area (Å²) in [5, 5.41) is 18.9. The molecule has 2 rings (SSSR count). The molecule has 1 heterocycles. The molecule has 0 bridgehead atoms. The average Bonchev–Trinajstić information content (AvgIpc) is 2.93. The Morgan fingerprint density at radius 2 is 2.04 bits per heavy atom. The second kappa shape index (κ2) is 8.20. The molecule has 25 heavy (non-hydrogen) atoms. The fourth-order valence-corrected chi connectivity index (χ4v) is 2.93. The zero-order valence-corrected chi connectivity index (χ0v) is 14.8. The van der Waals surface area contributed by atoms with Crippen LogP contribution in [0.3, 0.4) is 0 Å². The largest absolute Gasteiger partial charge is 0.493 e. The van der Waals surface area contributed by atoms with Crippen molar-refractivity contribution in [1.29, 1.82) is 0 Å². The molecule has 1 saturated heterocycles. The summed E-state index contributed by atoms with van der Waals surface area (Å²) >= 11 is 0. The van der Waals surface area contributed by atoms with Gasteiger partial charge in [-0.25, -0.2) is 4.79 Å². The van der Waals surface area contributed by atoms with Gasteiger partial charge in [0, 0.05) is 13.0 Å². The molecule has 2 atom stereocenters. The molecule has 2 N–H and O–H groups in total. The first-order valence-electron chi connectivity index (χ1n) is 8.33. The molecule has 0 spiro atoms. The van der Waals surface area contributed by atoms with Crippen LogP contribution in [0.2, 0.25) is 0 Å². The molecule has 1 aromatic rings. The predicted molar refractivity (Wildman–Crippen MR) is 91.0 cm³/mol. The number of likely N-dealkylation sites (tertiary alicyclic amines) is 1. The van der Waals surface area contributed by atoms with Gasteiger partial charge in [0.15, 0.2) is 11.5 Å². The summed E-state index contributed by atoms with van der Waals surface area (Å²) < 4.78 is 10.9. The van der Waals surface area contributed by atoms with Gasteiger partial charge in [0.2, 0.25) is 5.91 Å². The molecule has 0 radical (unpaired) electrons. The van der Waals surface area contributed by atoms with Gasteiger partial charge in [-0.1, -0.05) is 13.8 Å². The van der Waals surface area contributed by atoms with Crippen molar-refractivity contribution in [2.75, 3.05) is 20.3 Å². The lowest BCUT2D eigenvalue weighted by molar-refractivity contribution is -0.133. The molecular weight excluding hydrogens is 326 g/mol. The molecule has 1 aliphatic rings. The quantitative estimate of drug-likeness (QED) is 0.777. The Kier molecular flexibility index (Phi) is 6.25. The zero-order chi connectivity index (χ0) is 18.6. The van der Waals surface area contributed by atoms with Crippen LogP contribution in [0.1, 0.15) is 37.0 Å². The minimum Gasteiger partial charge on any atom is -0.493 e. The Morgan fingerprint density at radius 3 is 2.64 bits per heavy atom. The van der Waals surface area contributed by atoms with Gasteiger partial charge in [0.1, 0.15) is 6.61 Å². The summed E-state index contributed by atoms with van der Waals surface area (Å²) in [6, 6.07) is 4.15. The van der Waals surface area contributed by atoms with Crippen molar-refractivity contribution in [3.63, 3.8) is 0 Å². The molecule has 7 nitrogen and oxygen atoms in total. The Balaban J connectivity index is 2.06. The number of aromatic carboxylic acids is 1. The Morgan fingerprint density at radius 1 is 1.32 bits per heavy atom. The number of aliphatic hydroxyl groups excluding tert-OH is 1. The number of benzene rings is 1. The number of nitrogens with zero attached hydrogens (tertiary/aromatic N) is 1. The van der Waals surface area contributed by atoms with E-state index in [1.54, 1.807) is 4.90 Å². The smallest absolute Gasteiger partial charge is 0.335 e. The Bertz CT molecular complexity index is 630. The van der Waals surface area contributed by atoms with Crippen LogP contribution in [0.15, 0.2) is 18.2 Å². The van der Waals surface area contributed by atoms with E-state index in [0.717, 1.165) is 0 Å². The maximum absolute atomic E-state index is 12.3. The molecule has 1 amide bonds. The van der Waals surface area contributed by atoms with Crippen molar-refractivity contribution in [1.82, 2.24) is 4.90 Å². The SMILES string of the molecule is COc1cc(C(=O)O)ccc1OC[C@@H]1C[C@@H](O)CN1C(=O)CC(C)C. The number of hydrogen-bond acceptors (Lipinski definition) is 5. The fourth-order valence-electron chi connectivity index (χ4n) is 2.93. The average molecular weight is 351 g/mol. The molecule has 1 aliphatic heterocycles. The highest BCUT2D eigenvalue weighted by molar-refractivity contribution is 5.88. The Labute approximate surface area is 147 Å². The maximum atomic E-state index is 12.3. The fraction of sp³-hybridized carbons (Fsp3) is 0.556. The van der Waals surface area contributed by atoms with Gasteiger partial charge >= 0.3 is 5.97 Å². The summed E-state index contributed by atoms with van der Waals surface area (Å²) in [5.41, 5.74) is 0.106. The van der Waals surface area contributed by atoms with E-state index in [1.807, 2.05) is 13.8 Å². The standard InChI is InChI=1S/C18H25NO6/c1-11(2)6-17(21)19-9-14(20)8-13(19)10-25-15-5-4-12(18(22)23)7-16(15)24-3/h4-5,7,11,13-14,20H,6,8-10H2,1-3H3,(H,22,23)/t13-,14+/m0/s1. The van der Waals surface area contributed by atoms with E-state index < -0.39 is 12.1 Å². The second-order valence-electron chi connectivity index (χ2n) is 6.67. The van der Waals surface area contributed by atoms with E-state index in [1.165, 1.54) is 25.3 Å². The number of ether oxygens (including phenoxy) is 2. The third-order valence-corrected chi connectivity index (χ3v) is 4.14. The highest BCUT2D eigenvalue weighted by atomic mass is 16.5. The molecule has 138 valence electrons. The summed E-state index contributed by atoms with van der Waals surface area (Å²) in [4.78, 5) is 25.0. The van der Waals surface area contributed by atoms with Crippen molar-refractivity contribution in [3.8, 4) is 11.5 Å². The Hall–Kier alpha value is -2.28. The van der Waals surface area contributed by atoms with Crippen LogP contribution in [0.25, 0.3) is 0 Å². The van der Waals surface area contributed by atoms with Crippen LogP contribution in [0.4, 0.5) is 0 Å². The van der Waals surface area contributed by atoms with E-state index in [-0.39, 0.29) is 30.0 Å². The number of carbonyl (C=O) groups excluding carboxylic acids is 1. The number of amides is 1. The number of hydrogen-bond donors (Lipinski definition) is 2. The highest BCUT2D eigenvalue weighted by Gasteiger charge is 2.34. The zero-order valence-electron chi connectivity index (χ0n) is 14.8. The highest BCUT2D eigenvalue weighted by Crippen LogP contribution is 2.29. The summed E-state index contributed by atoms with van der Waals surface area (Å²) in [7, 11) is 1.44. The number of carboxylic acids is 1. The van der Waals surface area contributed by atoms with Crippen LogP contribution in [-0.2, 0) is 4.79 Å². The lowest BCUT2D eigenvalue weighted by atomic mass is 10.1. The summed E-state index contributed by atoms with van der Waals surface area (Å²) in [6.45, 7) is 4.48. The van der Waals surface area contributed by atoms with Crippen molar-refractivity contribution < 1.29 is 29.3 Å². The first-order chi connectivity index (χ1) is 11.8. The van der Waals surface area contributed by atoms with Crippen molar-refractivity contribution in [2.24, 2.45) is 5.92 Å².